The molecule has 2 rings (SSSR count). The molecule has 0 amide bonds. The number of hydrogen-bond donors (Lipinski definition) is 2. The molecule has 1 heterocycles. The van der Waals surface area contributed by atoms with Crippen molar-refractivity contribution in [3.63, 3.8) is 0 Å². The molecular weight excluding hydrogens is 236 g/mol. The van der Waals surface area contributed by atoms with Crippen molar-refractivity contribution in [1.29, 1.82) is 0 Å². The first kappa shape index (κ1) is 13.5. The summed E-state index contributed by atoms with van der Waals surface area (Å²) in [5.41, 5.74) is 11.4. The number of nitrogen functional groups attached to an aromatic ring is 1. The molecule has 0 aliphatic rings. The van der Waals surface area contributed by atoms with Crippen molar-refractivity contribution in [3.8, 4) is 0 Å². The Morgan fingerprint density at radius 3 is 2.42 bits per heavy atom. The minimum absolute atomic E-state index is 0.321. The van der Waals surface area contributed by atoms with Gasteiger partial charge in [-0.3, -0.25) is 4.68 Å². The first-order chi connectivity index (χ1) is 8.90. The second kappa shape index (κ2) is 4.96. The van der Waals surface area contributed by atoms with Crippen molar-refractivity contribution >= 4 is 17.2 Å². The van der Waals surface area contributed by atoms with Gasteiger partial charge in [0, 0.05) is 12.7 Å². The van der Waals surface area contributed by atoms with Crippen LogP contribution in [0.1, 0.15) is 36.6 Å². The molecular formula is C15H22N4. The Kier molecular flexibility index (Phi) is 3.51. The highest BCUT2D eigenvalue weighted by Crippen LogP contribution is 2.30. The molecule has 0 saturated carbocycles. The molecule has 0 aliphatic carbocycles. The lowest BCUT2D eigenvalue weighted by Gasteiger charge is -2.10. The first-order valence-corrected chi connectivity index (χ1v) is 6.56. The summed E-state index contributed by atoms with van der Waals surface area (Å²) in [5, 5.41) is 7.83. The SMILES string of the molecule is Cc1ccc(Nc2c(N)c(C(C)C)nn2C)cc1C. The molecule has 3 N–H and O–H groups in total. The van der Waals surface area contributed by atoms with Gasteiger partial charge < -0.3 is 11.1 Å². The van der Waals surface area contributed by atoms with E-state index in [1.54, 1.807) is 4.68 Å². The summed E-state index contributed by atoms with van der Waals surface area (Å²) >= 11 is 0. The molecule has 0 atom stereocenters. The van der Waals surface area contributed by atoms with E-state index in [1.807, 2.05) is 7.05 Å². The summed E-state index contributed by atoms with van der Waals surface area (Å²) in [6.07, 6.45) is 0. The average Bonchev–Trinajstić information content (AvgIpc) is 2.62. The fraction of sp³-hybridized carbons (Fsp3) is 0.400. The Balaban J connectivity index is 2.35. The van der Waals surface area contributed by atoms with Crippen LogP contribution in [0.3, 0.4) is 0 Å². The van der Waals surface area contributed by atoms with Crippen molar-refractivity contribution in [2.24, 2.45) is 7.05 Å². The van der Waals surface area contributed by atoms with Crippen molar-refractivity contribution in [2.75, 3.05) is 11.1 Å². The molecule has 4 nitrogen and oxygen atoms in total. The molecule has 19 heavy (non-hydrogen) atoms. The summed E-state index contributed by atoms with van der Waals surface area (Å²) in [6, 6.07) is 6.29. The summed E-state index contributed by atoms with van der Waals surface area (Å²) in [4.78, 5) is 0. The highest BCUT2D eigenvalue weighted by Gasteiger charge is 2.15. The monoisotopic (exact) mass is 258 g/mol. The minimum atomic E-state index is 0.321. The first-order valence-electron chi connectivity index (χ1n) is 6.56. The van der Waals surface area contributed by atoms with Crippen LogP contribution >= 0.6 is 0 Å². The van der Waals surface area contributed by atoms with Gasteiger partial charge >= 0.3 is 0 Å². The van der Waals surface area contributed by atoms with Crippen LogP contribution in [0.5, 0.6) is 0 Å². The molecule has 102 valence electrons. The summed E-state index contributed by atoms with van der Waals surface area (Å²) < 4.78 is 1.81. The normalized spacial score (nSPS) is 11.1. The standard InChI is InChI=1S/C15H22N4/c1-9(2)14-13(16)15(19(5)18-14)17-12-7-6-10(3)11(4)8-12/h6-9,17H,16H2,1-5H3. The number of anilines is 3. The molecule has 0 unspecified atom stereocenters. The van der Waals surface area contributed by atoms with E-state index in [4.69, 9.17) is 5.73 Å². The maximum Gasteiger partial charge on any atom is 0.152 e. The maximum absolute atomic E-state index is 6.18. The maximum atomic E-state index is 6.18. The second-order valence-corrected chi connectivity index (χ2v) is 5.35. The van der Waals surface area contributed by atoms with E-state index >= 15 is 0 Å². The van der Waals surface area contributed by atoms with E-state index in [0.29, 0.717) is 5.92 Å². The van der Waals surface area contributed by atoms with Gasteiger partial charge in [-0.1, -0.05) is 19.9 Å². The van der Waals surface area contributed by atoms with Gasteiger partial charge in [0.25, 0.3) is 0 Å². The summed E-state index contributed by atoms with van der Waals surface area (Å²) in [5.74, 6) is 1.17. The van der Waals surface area contributed by atoms with Crippen LogP contribution in [-0.4, -0.2) is 9.78 Å². The molecule has 0 radical (unpaired) electrons. The van der Waals surface area contributed by atoms with Crippen LogP contribution in [-0.2, 0) is 7.05 Å². The Morgan fingerprint density at radius 1 is 1.21 bits per heavy atom. The van der Waals surface area contributed by atoms with Gasteiger partial charge in [-0.05, 0) is 43.0 Å². The third-order valence-electron chi connectivity index (χ3n) is 3.43. The van der Waals surface area contributed by atoms with E-state index in [0.717, 1.165) is 22.9 Å². The number of aromatic nitrogens is 2. The number of nitrogens with two attached hydrogens (primary N) is 1. The van der Waals surface area contributed by atoms with Crippen molar-refractivity contribution in [1.82, 2.24) is 9.78 Å². The van der Waals surface area contributed by atoms with E-state index in [-0.39, 0.29) is 0 Å². The third-order valence-corrected chi connectivity index (χ3v) is 3.43. The number of benzene rings is 1. The number of nitrogens with zero attached hydrogens (tertiary/aromatic N) is 2. The molecule has 0 aliphatic heterocycles. The van der Waals surface area contributed by atoms with Gasteiger partial charge in [0.15, 0.2) is 5.82 Å². The molecule has 1 aromatic heterocycles. The van der Waals surface area contributed by atoms with E-state index in [2.05, 4.69) is 56.3 Å². The van der Waals surface area contributed by atoms with E-state index in [9.17, 15) is 0 Å². The lowest BCUT2D eigenvalue weighted by Crippen LogP contribution is -2.01. The van der Waals surface area contributed by atoms with Crippen LogP contribution in [0.2, 0.25) is 0 Å². The smallest absolute Gasteiger partial charge is 0.152 e. The van der Waals surface area contributed by atoms with Crippen LogP contribution in [0, 0.1) is 13.8 Å². The van der Waals surface area contributed by atoms with Crippen molar-refractivity contribution in [2.45, 2.75) is 33.6 Å². The summed E-state index contributed by atoms with van der Waals surface area (Å²) in [6.45, 7) is 8.40. The quantitative estimate of drug-likeness (QED) is 0.886. The zero-order chi connectivity index (χ0) is 14.2. The van der Waals surface area contributed by atoms with Crippen molar-refractivity contribution in [3.05, 3.63) is 35.0 Å². The van der Waals surface area contributed by atoms with Crippen LogP contribution in [0.25, 0.3) is 0 Å². The van der Waals surface area contributed by atoms with Crippen LogP contribution in [0.4, 0.5) is 17.2 Å². The van der Waals surface area contributed by atoms with Crippen LogP contribution in [0.15, 0.2) is 18.2 Å². The van der Waals surface area contributed by atoms with Gasteiger partial charge in [0.05, 0.1) is 11.4 Å². The third kappa shape index (κ3) is 2.57. The highest BCUT2D eigenvalue weighted by atomic mass is 15.3. The van der Waals surface area contributed by atoms with Crippen LogP contribution < -0.4 is 11.1 Å². The molecule has 0 saturated heterocycles. The van der Waals surface area contributed by atoms with Gasteiger partial charge in [0.2, 0.25) is 0 Å². The second-order valence-electron chi connectivity index (χ2n) is 5.35. The lowest BCUT2D eigenvalue weighted by molar-refractivity contribution is 0.718. The van der Waals surface area contributed by atoms with E-state index in [1.165, 1.54) is 11.1 Å². The van der Waals surface area contributed by atoms with Gasteiger partial charge in [0.1, 0.15) is 0 Å². The Labute approximate surface area is 114 Å². The topological polar surface area (TPSA) is 55.9 Å². The number of hydrogen-bond acceptors (Lipinski definition) is 3. The molecule has 2 aromatic rings. The highest BCUT2D eigenvalue weighted by molar-refractivity contribution is 5.72. The van der Waals surface area contributed by atoms with Gasteiger partial charge in [-0.15, -0.1) is 0 Å². The Hall–Kier alpha value is -1.97. The number of nitrogens with one attached hydrogen (secondary N) is 1. The van der Waals surface area contributed by atoms with Gasteiger partial charge in [-0.2, -0.15) is 5.10 Å². The molecule has 1 aromatic carbocycles. The Morgan fingerprint density at radius 2 is 1.89 bits per heavy atom. The fourth-order valence-corrected chi connectivity index (χ4v) is 2.09. The molecule has 4 heteroatoms. The lowest BCUT2D eigenvalue weighted by atomic mass is 10.1. The predicted molar refractivity (Wildman–Crippen MR) is 80.9 cm³/mol. The van der Waals surface area contributed by atoms with Gasteiger partial charge in [-0.25, -0.2) is 0 Å². The predicted octanol–water partition coefficient (Wildman–Crippen LogP) is 3.49. The largest absolute Gasteiger partial charge is 0.394 e. The minimum Gasteiger partial charge on any atom is -0.394 e. The zero-order valence-corrected chi connectivity index (χ0v) is 12.3. The zero-order valence-electron chi connectivity index (χ0n) is 12.3. The molecule has 0 fully saturated rings. The Bertz CT molecular complexity index is 596. The number of rotatable bonds is 3. The van der Waals surface area contributed by atoms with E-state index < -0.39 is 0 Å². The molecule has 0 spiro atoms. The average molecular weight is 258 g/mol. The fourth-order valence-electron chi connectivity index (χ4n) is 2.09. The van der Waals surface area contributed by atoms with Crippen molar-refractivity contribution < 1.29 is 0 Å². The number of aryl methyl sites for hydroxylation is 3. The summed E-state index contributed by atoms with van der Waals surface area (Å²) in [7, 11) is 1.91. The molecule has 0 bridgehead atoms.